The molecule has 2 heteroatoms. The Labute approximate surface area is 119 Å². The van der Waals surface area contributed by atoms with Gasteiger partial charge in [-0.15, -0.1) is 0 Å². The van der Waals surface area contributed by atoms with E-state index in [9.17, 15) is 4.79 Å². The molecule has 1 aliphatic rings. The molecule has 1 amide bonds. The fraction of sp³-hybridized carbons (Fsp3) is 0.167. The van der Waals surface area contributed by atoms with Gasteiger partial charge in [-0.1, -0.05) is 48.0 Å². The van der Waals surface area contributed by atoms with Gasteiger partial charge in [0.15, 0.2) is 0 Å². The van der Waals surface area contributed by atoms with E-state index >= 15 is 0 Å². The highest BCUT2D eigenvalue weighted by Crippen LogP contribution is 2.27. The van der Waals surface area contributed by atoms with E-state index in [1.54, 1.807) is 6.08 Å². The first kappa shape index (κ1) is 12.7. The first-order valence-corrected chi connectivity index (χ1v) is 6.88. The van der Waals surface area contributed by atoms with Crippen LogP contribution < -0.4 is 4.90 Å². The first-order chi connectivity index (χ1) is 9.74. The number of amides is 1. The van der Waals surface area contributed by atoms with Gasteiger partial charge in [0.05, 0.1) is 0 Å². The zero-order chi connectivity index (χ0) is 13.9. The molecule has 0 saturated carbocycles. The smallest absolute Gasteiger partial charge is 0.251 e. The number of carbonyl (C=O) groups is 1. The zero-order valence-corrected chi connectivity index (χ0v) is 11.5. The minimum absolute atomic E-state index is 0.0523. The van der Waals surface area contributed by atoms with E-state index in [0.29, 0.717) is 0 Å². The van der Waals surface area contributed by atoms with Crippen LogP contribution in [0, 0.1) is 6.92 Å². The third kappa shape index (κ3) is 2.50. The second-order valence-electron chi connectivity index (χ2n) is 5.12. The highest BCUT2D eigenvalue weighted by atomic mass is 16.2. The van der Waals surface area contributed by atoms with Gasteiger partial charge < -0.3 is 4.90 Å². The van der Waals surface area contributed by atoms with E-state index in [1.807, 2.05) is 41.3 Å². The van der Waals surface area contributed by atoms with Gasteiger partial charge in [0.2, 0.25) is 0 Å². The molecule has 3 rings (SSSR count). The summed E-state index contributed by atoms with van der Waals surface area (Å²) in [7, 11) is 0. The Morgan fingerprint density at radius 2 is 2.00 bits per heavy atom. The van der Waals surface area contributed by atoms with Crippen LogP contribution in [-0.2, 0) is 11.2 Å². The monoisotopic (exact) mass is 263 g/mol. The number of anilines is 1. The normalized spacial score (nSPS) is 13.8. The van der Waals surface area contributed by atoms with Crippen molar-refractivity contribution in [1.29, 1.82) is 0 Å². The Balaban J connectivity index is 1.78. The molecule has 0 saturated heterocycles. The summed E-state index contributed by atoms with van der Waals surface area (Å²) in [5, 5.41) is 0. The Bertz CT molecular complexity index is 673. The number of benzene rings is 2. The molecule has 2 nitrogen and oxygen atoms in total. The predicted octanol–water partition coefficient (Wildman–Crippen LogP) is 3.60. The Hall–Kier alpha value is -2.35. The SMILES string of the molecule is Cc1cccc(/C=C/C(=O)N2CCc3ccccc32)c1. The fourth-order valence-electron chi connectivity index (χ4n) is 2.60. The third-order valence-electron chi connectivity index (χ3n) is 3.61. The van der Waals surface area contributed by atoms with Crippen molar-refractivity contribution in [2.45, 2.75) is 13.3 Å². The molecule has 1 heterocycles. The Kier molecular flexibility index (Phi) is 3.38. The van der Waals surface area contributed by atoms with Gasteiger partial charge in [0.25, 0.3) is 5.91 Å². The van der Waals surface area contributed by atoms with Gasteiger partial charge >= 0.3 is 0 Å². The molecule has 0 fully saturated rings. The summed E-state index contributed by atoms with van der Waals surface area (Å²) in [6.45, 7) is 2.83. The molecule has 0 aromatic heterocycles. The number of carbonyl (C=O) groups excluding carboxylic acids is 1. The van der Waals surface area contributed by atoms with Crippen LogP contribution in [0.5, 0.6) is 0 Å². The van der Waals surface area contributed by atoms with Crippen molar-refractivity contribution < 1.29 is 4.79 Å². The summed E-state index contributed by atoms with van der Waals surface area (Å²) < 4.78 is 0. The lowest BCUT2D eigenvalue weighted by Gasteiger charge is -2.14. The van der Waals surface area contributed by atoms with Crippen LogP contribution in [0.3, 0.4) is 0 Å². The van der Waals surface area contributed by atoms with Crippen molar-refractivity contribution in [2.24, 2.45) is 0 Å². The van der Waals surface area contributed by atoms with Gasteiger partial charge in [-0.3, -0.25) is 4.79 Å². The molecule has 1 aliphatic heterocycles. The van der Waals surface area contributed by atoms with Gasteiger partial charge in [0, 0.05) is 18.3 Å². The van der Waals surface area contributed by atoms with Crippen LogP contribution >= 0.6 is 0 Å². The number of hydrogen-bond acceptors (Lipinski definition) is 1. The molecule has 2 aromatic carbocycles. The fourth-order valence-corrected chi connectivity index (χ4v) is 2.60. The second kappa shape index (κ2) is 5.33. The van der Waals surface area contributed by atoms with Crippen LogP contribution in [0.4, 0.5) is 5.69 Å². The van der Waals surface area contributed by atoms with Crippen molar-refractivity contribution >= 4 is 17.7 Å². The maximum Gasteiger partial charge on any atom is 0.251 e. The van der Waals surface area contributed by atoms with Crippen molar-refractivity contribution in [1.82, 2.24) is 0 Å². The predicted molar refractivity (Wildman–Crippen MR) is 82.7 cm³/mol. The number of rotatable bonds is 2. The summed E-state index contributed by atoms with van der Waals surface area (Å²) in [4.78, 5) is 14.2. The molecular formula is C18H17NO. The molecule has 0 radical (unpaired) electrons. The van der Waals surface area contributed by atoms with E-state index in [0.717, 1.165) is 24.2 Å². The summed E-state index contributed by atoms with van der Waals surface area (Å²) in [6.07, 6.45) is 4.49. The molecule has 0 unspecified atom stereocenters. The minimum Gasteiger partial charge on any atom is -0.308 e. The second-order valence-corrected chi connectivity index (χ2v) is 5.12. The van der Waals surface area contributed by atoms with Crippen molar-refractivity contribution in [2.75, 3.05) is 11.4 Å². The Morgan fingerprint density at radius 1 is 1.15 bits per heavy atom. The number of fused-ring (bicyclic) bond motifs is 1. The largest absolute Gasteiger partial charge is 0.308 e. The van der Waals surface area contributed by atoms with Crippen LogP contribution in [0.2, 0.25) is 0 Å². The van der Waals surface area contributed by atoms with E-state index in [2.05, 4.69) is 25.1 Å². The average molecular weight is 263 g/mol. The topological polar surface area (TPSA) is 20.3 Å². The number of aryl methyl sites for hydroxylation is 1. The summed E-state index contributed by atoms with van der Waals surface area (Å²) in [6, 6.07) is 16.2. The van der Waals surface area contributed by atoms with Crippen LogP contribution in [0.1, 0.15) is 16.7 Å². The lowest BCUT2D eigenvalue weighted by atomic mass is 10.1. The van der Waals surface area contributed by atoms with Gasteiger partial charge in [-0.05, 0) is 36.6 Å². The number of para-hydroxylation sites is 1. The zero-order valence-electron chi connectivity index (χ0n) is 11.5. The van der Waals surface area contributed by atoms with Crippen molar-refractivity contribution in [3.8, 4) is 0 Å². The molecule has 100 valence electrons. The van der Waals surface area contributed by atoms with Crippen LogP contribution in [-0.4, -0.2) is 12.5 Å². The van der Waals surface area contributed by atoms with Crippen LogP contribution in [0.25, 0.3) is 6.08 Å². The maximum atomic E-state index is 12.3. The molecule has 0 aliphatic carbocycles. The maximum absolute atomic E-state index is 12.3. The van der Waals surface area contributed by atoms with Gasteiger partial charge in [-0.2, -0.15) is 0 Å². The van der Waals surface area contributed by atoms with Gasteiger partial charge in [0.1, 0.15) is 0 Å². The molecule has 20 heavy (non-hydrogen) atoms. The van der Waals surface area contributed by atoms with E-state index in [-0.39, 0.29) is 5.91 Å². The first-order valence-electron chi connectivity index (χ1n) is 6.88. The van der Waals surface area contributed by atoms with Crippen molar-refractivity contribution in [3.63, 3.8) is 0 Å². The van der Waals surface area contributed by atoms with Gasteiger partial charge in [-0.25, -0.2) is 0 Å². The van der Waals surface area contributed by atoms with Crippen molar-refractivity contribution in [3.05, 3.63) is 71.3 Å². The third-order valence-corrected chi connectivity index (χ3v) is 3.61. The number of nitrogens with zero attached hydrogens (tertiary/aromatic N) is 1. The van der Waals surface area contributed by atoms with E-state index in [4.69, 9.17) is 0 Å². The number of hydrogen-bond donors (Lipinski definition) is 0. The Morgan fingerprint density at radius 3 is 2.85 bits per heavy atom. The molecule has 0 N–H and O–H groups in total. The summed E-state index contributed by atoms with van der Waals surface area (Å²) >= 11 is 0. The average Bonchev–Trinajstić information content (AvgIpc) is 2.89. The highest BCUT2D eigenvalue weighted by Gasteiger charge is 2.22. The standard InChI is InChI=1S/C18H17NO/c1-14-5-4-6-15(13-14)9-10-18(20)19-12-11-16-7-2-3-8-17(16)19/h2-10,13H,11-12H2,1H3/b10-9+. The lowest BCUT2D eigenvalue weighted by molar-refractivity contribution is -0.114. The van der Waals surface area contributed by atoms with Crippen LogP contribution in [0.15, 0.2) is 54.6 Å². The minimum atomic E-state index is 0.0523. The molecule has 0 atom stereocenters. The highest BCUT2D eigenvalue weighted by molar-refractivity contribution is 6.05. The molecule has 2 aromatic rings. The van der Waals surface area contributed by atoms with E-state index < -0.39 is 0 Å². The summed E-state index contributed by atoms with van der Waals surface area (Å²) in [5.74, 6) is 0.0523. The molecule has 0 bridgehead atoms. The summed E-state index contributed by atoms with van der Waals surface area (Å²) in [5.41, 5.74) is 4.56. The quantitative estimate of drug-likeness (QED) is 0.758. The molecular weight excluding hydrogens is 246 g/mol. The molecule has 0 spiro atoms. The lowest BCUT2D eigenvalue weighted by Crippen LogP contribution is -2.26. The van der Waals surface area contributed by atoms with E-state index in [1.165, 1.54) is 11.1 Å².